The molecule has 0 heterocycles. The molecule has 2 unspecified atom stereocenters. The summed E-state index contributed by atoms with van der Waals surface area (Å²) < 4.78 is 26.0. The molecule has 0 amide bonds. The minimum Gasteiger partial charge on any atom is -0.330 e. The summed E-state index contributed by atoms with van der Waals surface area (Å²) in [6.45, 7) is 2.61. The van der Waals surface area contributed by atoms with Crippen molar-refractivity contribution in [1.29, 1.82) is 0 Å². The molecule has 0 aromatic carbocycles. The van der Waals surface area contributed by atoms with Gasteiger partial charge in [0.15, 0.2) is 0 Å². The third kappa shape index (κ3) is 4.95. The number of nitrogens with two attached hydrogens (primary N) is 1. The molecular weight excluding hydrogens is 212 g/mol. The maximum absolute atomic E-state index is 11.6. The lowest BCUT2D eigenvalue weighted by Crippen LogP contribution is -2.39. The SMILES string of the molecule is CC1CCCC(NS(=O)(=O)CCCN)C1. The quantitative estimate of drug-likeness (QED) is 0.740. The highest BCUT2D eigenvalue weighted by atomic mass is 32.2. The second-order valence-electron chi connectivity index (χ2n) is 4.55. The van der Waals surface area contributed by atoms with Gasteiger partial charge in [0, 0.05) is 6.04 Å². The molecule has 1 aliphatic rings. The van der Waals surface area contributed by atoms with Crippen LogP contribution in [0.25, 0.3) is 0 Å². The Balaban J connectivity index is 2.39. The lowest BCUT2D eigenvalue weighted by molar-refractivity contribution is 0.327. The molecule has 0 spiro atoms. The molecular formula is C10H22N2O2S. The maximum atomic E-state index is 11.6. The van der Waals surface area contributed by atoms with Crippen molar-refractivity contribution in [3.8, 4) is 0 Å². The lowest BCUT2D eigenvalue weighted by Gasteiger charge is -2.27. The van der Waals surface area contributed by atoms with Gasteiger partial charge in [-0.3, -0.25) is 0 Å². The zero-order valence-corrected chi connectivity index (χ0v) is 10.2. The van der Waals surface area contributed by atoms with Gasteiger partial charge in [-0.2, -0.15) is 0 Å². The van der Waals surface area contributed by atoms with Gasteiger partial charge in [0.05, 0.1) is 5.75 Å². The average molecular weight is 234 g/mol. The summed E-state index contributed by atoms with van der Waals surface area (Å²) in [6, 6.07) is 0.150. The van der Waals surface area contributed by atoms with Crippen LogP contribution in [0.4, 0.5) is 0 Å². The Labute approximate surface area is 92.7 Å². The number of rotatable bonds is 5. The van der Waals surface area contributed by atoms with Crippen LogP contribution in [0.1, 0.15) is 39.0 Å². The Kier molecular flexibility index (Phi) is 5.02. The van der Waals surface area contributed by atoms with Crippen molar-refractivity contribution < 1.29 is 8.42 Å². The van der Waals surface area contributed by atoms with E-state index in [0.29, 0.717) is 18.9 Å². The standard InChI is InChI=1S/C10H22N2O2S/c1-9-4-2-5-10(8-9)12-15(13,14)7-3-6-11/h9-10,12H,2-8,11H2,1H3. The smallest absolute Gasteiger partial charge is 0.211 e. The van der Waals surface area contributed by atoms with Gasteiger partial charge in [-0.1, -0.05) is 19.8 Å². The number of hydrogen-bond acceptors (Lipinski definition) is 3. The molecule has 0 aromatic heterocycles. The Hall–Kier alpha value is -0.130. The van der Waals surface area contributed by atoms with E-state index < -0.39 is 10.0 Å². The Bertz CT molecular complexity index is 277. The van der Waals surface area contributed by atoms with Gasteiger partial charge in [-0.25, -0.2) is 13.1 Å². The largest absolute Gasteiger partial charge is 0.330 e. The van der Waals surface area contributed by atoms with Crippen molar-refractivity contribution >= 4 is 10.0 Å². The van der Waals surface area contributed by atoms with E-state index >= 15 is 0 Å². The third-order valence-corrected chi connectivity index (χ3v) is 4.42. The van der Waals surface area contributed by atoms with E-state index in [0.717, 1.165) is 19.3 Å². The average Bonchev–Trinajstić information content (AvgIpc) is 2.14. The first-order valence-electron chi connectivity index (χ1n) is 5.73. The first-order valence-corrected chi connectivity index (χ1v) is 7.39. The Morgan fingerprint density at radius 1 is 1.40 bits per heavy atom. The molecule has 5 heteroatoms. The Morgan fingerprint density at radius 3 is 2.73 bits per heavy atom. The van der Waals surface area contributed by atoms with Crippen LogP contribution in [0.3, 0.4) is 0 Å². The summed E-state index contributed by atoms with van der Waals surface area (Å²) in [5.74, 6) is 0.801. The van der Waals surface area contributed by atoms with Crippen LogP contribution in [0.5, 0.6) is 0 Å². The first kappa shape index (κ1) is 12.9. The van der Waals surface area contributed by atoms with Crippen LogP contribution < -0.4 is 10.5 Å². The fourth-order valence-corrected chi connectivity index (χ4v) is 3.51. The van der Waals surface area contributed by atoms with E-state index in [2.05, 4.69) is 11.6 Å². The van der Waals surface area contributed by atoms with Crippen molar-refractivity contribution in [2.45, 2.75) is 45.1 Å². The minimum atomic E-state index is -3.10. The zero-order chi connectivity index (χ0) is 11.3. The molecule has 3 N–H and O–H groups in total. The van der Waals surface area contributed by atoms with E-state index in [1.165, 1.54) is 6.42 Å². The minimum absolute atomic E-state index is 0.150. The summed E-state index contributed by atoms with van der Waals surface area (Å²) in [4.78, 5) is 0. The molecule has 0 bridgehead atoms. The molecule has 1 fully saturated rings. The predicted molar refractivity (Wildman–Crippen MR) is 62.0 cm³/mol. The zero-order valence-electron chi connectivity index (χ0n) is 9.41. The fourth-order valence-electron chi connectivity index (χ4n) is 2.13. The highest BCUT2D eigenvalue weighted by Gasteiger charge is 2.22. The van der Waals surface area contributed by atoms with Gasteiger partial charge in [0.25, 0.3) is 0 Å². The lowest BCUT2D eigenvalue weighted by atomic mass is 9.88. The van der Waals surface area contributed by atoms with Crippen molar-refractivity contribution in [2.75, 3.05) is 12.3 Å². The predicted octanol–water partition coefficient (Wildman–Crippen LogP) is 0.833. The van der Waals surface area contributed by atoms with Gasteiger partial charge in [0.2, 0.25) is 10.0 Å². The summed E-state index contributed by atoms with van der Waals surface area (Å²) in [6.07, 6.45) is 4.85. The highest BCUT2D eigenvalue weighted by Crippen LogP contribution is 2.23. The van der Waals surface area contributed by atoms with Crippen LogP contribution in [0, 0.1) is 5.92 Å². The van der Waals surface area contributed by atoms with E-state index in [1.54, 1.807) is 0 Å². The molecule has 0 aliphatic heterocycles. The first-order chi connectivity index (χ1) is 7.03. The summed E-state index contributed by atoms with van der Waals surface area (Å²) >= 11 is 0. The van der Waals surface area contributed by atoms with Crippen molar-refractivity contribution in [3.63, 3.8) is 0 Å². The molecule has 0 saturated heterocycles. The van der Waals surface area contributed by atoms with Crippen LogP contribution in [0.15, 0.2) is 0 Å². The summed E-state index contributed by atoms with van der Waals surface area (Å²) in [5.41, 5.74) is 5.30. The second-order valence-corrected chi connectivity index (χ2v) is 6.42. The maximum Gasteiger partial charge on any atom is 0.211 e. The monoisotopic (exact) mass is 234 g/mol. The third-order valence-electron chi connectivity index (χ3n) is 2.90. The molecule has 2 atom stereocenters. The van der Waals surface area contributed by atoms with Gasteiger partial charge in [0.1, 0.15) is 0 Å². The van der Waals surface area contributed by atoms with Crippen LogP contribution in [0.2, 0.25) is 0 Å². The molecule has 0 radical (unpaired) electrons. The topological polar surface area (TPSA) is 72.2 Å². The summed E-state index contributed by atoms with van der Waals surface area (Å²) in [7, 11) is -3.10. The van der Waals surface area contributed by atoms with Crippen molar-refractivity contribution in [2.24, 2.45) is 11.7 Å². The molecule has 4 nitrogen and oxygen atoms in total. The molecule has 15 heavy (non-hydrogen) atoms. The van der Waals surface area contributed by atoms with Crippen molar-refractivity contribution in [3.05, 3.63) is 0 Å². The second kappa shape index (κ2) is 5.82. The molecule has 1 rings (SSSR count). The van der Waals surface area contributed by atoms with Crippen LogP contribution >= 0.6 is 0 Å². The highest BCUT2D eigenvalue weighted by molar-refractivity contribution is 7.89. The molecule has 90 valence electrons. The van der Waals surface area contributed by atoms with Crippen LogP contribution in [-0.4, -0.2) is 26.8 Å². The molecule has 0 aromatic rings. The van der Waals surface area contributed by atoms with Gasteiger partial charge in [-0.05, 0) is 31.7 Å². The number of nitrogens with one attached hydrogen (secondary N) is 1. The Morgan fingerprint density at radius 2 is 2.13 bits per heavy atom. The number of hydrogen-bond donors (Lipinski definition) is 2. The fraction of sp³-hybridized carbons (Fsp3) is 1.00. The number of sulfonamides is 1. The molecule has 1 saturated carbocycles. The van der Waals surface area contributed by atoms with Gasteiger partial charge >= 0.3 is 0 Å². The van der Waals surface area contributed by atoms with E-state index in [4.69, 9.17) is 5.73 Å². The summed E-state index contributed by atoms with van der Waals surface area (Å²) in [5, 5.41) is 0. The van der Waals surface area contributed by atoms with Crippen LogP contribution in [-0.2, 0) is 10.0 Å². The van der Waals surface area contributed by atoms with E-state index in [1.807, 2.05) is 0 Å². The van der Waals surface area contributed by atoms with Crippen molar-refractivity contribution in [1.82, 2.24) is 4.72 Å². The van der Waals surface area contributed by atoms with E-state index in [-0.39, 0.29) is 11.8 Å². The van der Waals surface area contributed by atoms with Gasteiger partial charge < -0.3 is 5.73 Å². The normalized spacial score (nSPS) is 27.9. The van der Waals surface area contributed by atoms with Gasteiger partial charge in [-0.15, -0.1) is 0 Å². The molecule has 1 aliphatic carbocycles. The van der Waals surface area contributed by atoms with E-state index in [9.17, 15) is 8.42 Å².